The minimum absolute atomic E-state index is 0.00643. The topological polar surface area (TPSA) is 89.4 Å². The molecule has 0 atom stereocenters. The predicted molar refractivity (Wildman–Crippen MR) is 98.1 cm³/mol. The second kappa shape index (κ2) is 7.35. The highest BCUT2D eigenvalue weighted by Crippen LogP contribution is 2.32. The first-order chi connectivity index (χ1) is 12.1. The van der Waals surface area contributed by atoms with Crippen LogP contribution in [0.15, 0.2) is 18.2 Å². The van der Waals surface area contributed by atoms with Gasteiger partial charge in [-0.2, -0.15) is 0 Å². The summed E-state index contributed by atoms with van der Waals surface area (Å²) in [5, 5.41) is 4.02. The molecule has 25 heavy (non-hydrogen) atoms. The third-order valence-electron chi connectivity index (χ3n) is 5.04. The minimum Gasteiger partial charge on any atom is -0.497 e. The summed E-state index contributed by atoms with van der Waals surface area (Å²) < 4.78 is 10.7. The van der Waals surface area contributed by atoms with Crippen LogP contribution in [0.3, 0.4) is 0 Å². The molecule has 1 aromatic heterocycles. The van der Waals surface area contributed by atoms with Gasteiger partial charge in [0.15, 0.2) is 0 Å². The number of rotatable bonds is 7. The summed E-state index contributed by atoms with van der Waals surface area (Å²) >= 11 is 0. The molecule has 1 aliphatic rings. The van der Waals surface area contributed by atoms with Crippen molar-refractivity contribution in [3.63, 3.8) is 0 Å². The molecule has 0 aliphatic heterocycles. The van der Waals surface area contributed by atoms with Crippen LogP contribution >= 0.6 is 0 Å². The first-order valence-corrected chi connectivity index (χ1v) is 8.86. The Kier molecular flexibility index (Phi) is 5.18. The highest BCUT2D eigenvalue weighted by Gasteiger charge is 2.36. The fraction of sp³-hybridized carbons (Fsp3) is 0.526. The lowest BCUT2D eigenvalue weighted by atomic mass is 9.98. The van der Waals surface area contributed by atoms with Crippen LogP contribution in [0, 0.1) is 0 Å². The molecule has 3 rings (SSSR count). The van der Waals surface area contributed by atoms with Crippen molar-refractivity contribution in [3.8, 4) is 11.5 Å². The molecule has 0 saturated heterocycles. The van der Waals surface area contributed by atoms with E-state index in [2.05, 4.69) is 16.4 Å². The Morgan fingerprint density at radius 2 is 2.00 bits per heavy atom. The number of methoxy groups -OCH3 is 2. The van der Waals surface area contributed by atoms with Crippen LogP contribution in [0.1, 0.15) is 37.8 Å². The van der Waals surface area contributed by atoms with E-state index in [4.69, 9.17) is 15.2 Å². The molecule has 1 amide bonds. The molecule has 136 valence electrons. The molecule has 6 nitrogen and oxygen atoms in total. The molecule has 0 unspecified atom stereocenters. The van der Waals surface area contributed by atoms with Crippen molar-refractivity contribution in [3.05, 3.63) is 23.9 Å². The van der Waals surface area contributed by atoms with Crippen molar-refractivity contribution < 1.29 is 14.3 Å². The third kappa shape index (κ3) is 3.74. The van der Waals surface area contributed by atoms with Gasteiger partial charge in [-0.3, -0.25) is 4.79 Å². The molecule has 0 radical (unpaired) electrons. The number of ether oxygens (including phenoxy) is 2. The molecule has 0 bridgehead atoms. The number of nitrogens with two attached hydrogens (primary N) is 1. The van der Waals surface area contributed by atoms with Gasteiger partial charge in [0, 0.05) is 29.8 Å². The third-order valence-corrected chi connectivity index (χ3v) is 5.04. The highest BCUT2D eigenvalue weighted by atomic mass is 16.5. The molecule has 1 aromatic carbocycles. The van der Waals surface area contributed by atoms with Crippen molar-refractivity contribution in [2.24, 2.45) is 5.73 Å². The van der Waals surface area contributed by atoms with Gasteiger partial charge in [0.1, 0.15) is 11.5 Å². The van der Waals surface area contributed by atoms with E-state index in [9.17, 15) is 4.79 Å². The summed E-state index contributed by atoms with van der Waals surface area (Å²) in [6.07, 6.45) is 5.38. The first-order valence-electron chi connectivity index (χ1n) is 8.86. The quantitative estimate of drug-likeness (QED) is 0.673. The number of aromatic nitrogens is 1. The van der Waals surface area contributed by atoms with Gasteiger partial charge in [-0.1, -0.05) is 12.8 Å². The summed E-state index contributed by atoms with van der Waals surface area (Å²) in [7, 11) is 3.30. The molecule has 1 heterocycles. The van der Waals surface area contributed by atoms with Gasteiger partial charge >= 0.3 is 0 Å². The van der Waals surface area contributed by atoms with Gasteiger partial charge in [-0.05, 0) is 31.7 Å². The van der Waals surface area contributed by atoms with Crippen LogP contribution in [0.4, 0.5) is 0 Å². The van der Waals surface area contributed by atoms with E-state index in [1.54, 1.807) is 14.2 Å². The number of carbonyl (C=O) groups is 1. The van der Waals surface area contributed by atoms with Crippen molar-refractivity contribution >= 4 is 16.8 Å². The van der Waals surface area contributed by atoms with E-state index in [-0.39, 0.29) is 5.91 Å². The number of amides is 1. The van der Waals surface area contributed by atoms with E-state index in [0.29, 0.717) is 6.54 Å². The summed E-state index contributed by atoms with van der Waals surface area (Å²) in [4.78, 5) is 15.6. The van der Waals surface area contributed by atoms with E-state index in [1.807, 2.05) is 12.1 Å². The van der Waals surface area contributed by atoms with Gasteiger partial charge < -0.3 is 25.5 Å². The maximum atomic E-state index is 12.2. The van der Waals surface area contributed by atoms with Crippen LogP contribution in [-0.2, 0) is 11.2 Å². The average Bonchev–Trinajstić information content (AvgIpc) is 3.24. The number of hydrogen-bond donors (Lipinski definition) is 3. The number of aromatic amines is 1. The number of carbonyl (C=O) groups excluding carboxylic acids is 1. The second-order valence-corrected chi connectivity index (χ2v) is 6.81. The molecule has 1 aliphatic carbocycles. The van der Waals surface area contributed by atoms with E-state index < -0.39 is 5.54 Å². The number of benzene rings is 1. The zero-order valence-corrected chi connectivity index (χ0v) is 15.0. The molecule has 6 heteroatoms. The largest absolute Gasteiger partial charge is 0.497 e. The Labute approximate surface area is 148 Å². The maximum absolute atomic E-state index is 12.2. The minimum atomic E-state index is -0.648. The summed E-state index contributed by atoms with van der Waals surface area (Å²) in [5.74, 6) is 1.54. The van der Waals surface area contributed by atoms with Crippen LogP contribution in [0.5, 0.6) is 11.5 Å². The molecule has 4 N–H and O–H groups in total. The predicted octanol–water partition coefficient (Wildman–Crippen LogP) is 2.51. The number of aryl methyl sites for hydroxylation is 1. The van der Waals surface area contributed by atoms with Gasteiger partial charge in [-0.25, -0.2) is 0 Å². The molecular formula is C19H27N3O3. The average molecular weight is 345 g/mol. The lowest BCUT2D eigenvalue weighted by Gasteiger charge is -2.22. The summed E-state index contributed by atoms with van der Waals surface area (Å²) in [5.41, 5.74) is 7.61. The molecule has 2 aromatic rings. The van der Waals surface area contributed by atoms with E-state index in [1.165, 1.54) is 0 Å². The SMILES string of the molecule is COc1cc(OC)c2cc(CCCNC(=O)C3(N)CCCC3)[nH]c2c1. The zero-order chi connectivity index (χ0) is 17.9. The van der Waals surface area contributed by atoms with Gasteiger partial charge in [-0.15, -0.1) is 0 Å². The molecule has 1 saturated carbocycles. The Balaban J connectivity index is 1.57. The van der Waals surface area contributed by atoms with E-state index in [0.717, 1.165) is 66.6 Å². The Bertz CT molecular complexity index is 748. The van der Waals surface area contributed by atoms with Gasteiger partial charge in [0.2, 0.25) is 5.91 Å². The van der Waals surface area contributed by atoms with Crippen molar-refractivity contribution in [2.75, 3.05) is 20.8 Å². The van der Waals surface area contributed by atoms with Crippen molar-refractivity contribution in [1.29, 1.82) is 0 Å². The number of H-pyrrole nitrogens is 1. The Morgan fingerprint density at radius 3 is 2.68 bits per heavy atom. The first kappa shape index (κ1) is 17.6. The lowest BCUT2D eigenvalue weighted by molar-refractivity contribution is -0.126. The molecule has 1 fully saturated rings. The normalized spacial score (nSPS) is 16.1. The van der Waals surface area contributed by atoms with Gasteiger partial charge in [0.05, 0.1) is 25.3 Å². The van der Waals surface area contributed by atoms with Crippen LogP contribution in [-0.4, -0.2) is 37.2 Å². The van der Waals surface area contributed by atoms with Crippen LogP contribution in [0.2, 0.25) is 0 Å². The zero-order valence-electron chi connectivity index (χ0n) is 15.0. The molecular weight excluding hydrogens is 318 g/mol. The highest BCUT2D eigenvalue weighted by molar-refractivity contribution is 5.88. The van der Waals surface area contributed by atoms with Crippen molar-refractivity contribution in [1.82, 2.24) is 10.3 Å². The summed E-state index contributed by atoms with van der Waals surface area (Å²) in [6, 6.07) is 5.93. The number of hydrogen-bond acceptors (Lipinski definition) is 4. The fourth-order valence-electron chi connectivity index (χ4n) is 3.55. The molecule has 0 spiro atoms. The Morgan fingerprint density at radius 1 is 1.24 bits per heavy atom. The lowest BCUT2D eigenvalue weighted by Crippen LogP contribution is -2.52. The monoisotopic (exact) mass is 345 g/mol. The van der Waals surface area contributed by atoms with Crippen LogP contribution in [0.25, 0.3) is 10.9 Å². The smallest absolute Gasteiger partial charge is 0.240 e. The maximum Gasteiger partial charge on any atom is 0.240 e. The second-order valence-electron chi connectivity index (χ2n) is 6.81. The standard InChI is InChI=1S/C19H27N3O3/c1-24-14-11-16-15(17(12-14)25-2)10-13(22-16)6-5-9-21-18(23)19(20)7-3-4-8-19/h10-12,22H,3-9,20H2,1-2H3,(H,21,23). The summed E-state index contributed by atoms with van der Waals surface area (Å²) in [6.45, 7) is 0.633. The van der Waals surface area contributed by atoms with E-state index >= 15 is 0 Å². The number of fused-ring (bicyclic) bond motifs is 1. The van der Waals surface area contributed by atoms with Crippen molar-refractivity contribution in [2.45, 2.75) is 44.1 Å². The Hall–Kier alpha value is -2.21. The van der Waals surface area contributed by atoms with Gasteiger partial charge in [0.25, 0.3) is 0 Å². The van der Waals surface area contributed by atoms with Crippen LogP contribution < -0.4 is 20.5 Å². The number of nitrogens with one attached hydrogen (secondary N) is 2. The fourth-order valence-corrected chi connectivity index (χ4v) is 3.55.